The Hall–Kier alpha value is -2.86. The molecule has 2 aliphatic rings. The van der Waals surface area contributed by atoms with Crippen molar-refractivity contribution < 1.29 is 4.79 Å². The van der Waals surface area contributed by atoms with E-state index in [9.17, 15) is 4.79 Å². The predicted octanol–water partition coefficient (Wildman–Crippen LogP) is 5.12. The van der Waals surface area contributed by atoms with Gasteiger partial charge in [0.05, 0.1) is 11.3 Å². The number of benzene rings is 3. The van der Waals surface area contributed by atoms with Gasteiger partial charge in [0.2, 0.25) is 0 Å². The predicted molar refractivity (Wildman–Crippen MR) is 139 cm³/mol. The van der Waals surface area contributed by atoms with Crippen LogP contribution < -0.4 is 5.32 Å². The van der Waals surface area contributed by atoms with E-state index in [0.29, 0.717) is 6.04 Å². The molecule has 0 unspecified atom stereocenters. The number of nitrogens with zero attached hydrogens (tertiary/aromatic N) is 3. The monoisotopic (exact) mass is 474 g/mol. The Morgan fingerprint density at radius 3 is 2.32 bits per heavy atom. The topological polar surface area (TPSA) is 38.8 Å². The van der Waals surface area contributed by atoms with Crippen molar-refractivity contribution in [1.29, 1.82) is 0 Å². The number of halogens is 1. The summed E-state index contributed by atoms with van der Waals surface area (Å²) in [5, 5.41) is 4.19. The zero-order valence-corrected chi connectivity index (χ0v) is 20.1. The van der Waals surface area contributed by atoms with Crippen LogP contribution in [-0.4, -0.2) is 65.9 Å². The van der Waals surface area contributed by atoms with Crippen LogP contribution in [-0.2, 0) is 6.54 Å². The molecule has 0 spiro atoms. The number of rotatable bonds is 6. The van der Waals surface area contributed by atoms with E-state index in [1.165, 1.54) is 5.56 Å². The first-order valence-corrected chi connectivity index (χ1v) is 12.4. The van der Waals surface area contributed by atoms with Gasteiger partial charge >= 0.3 is 0 Å². The maximum absolute atomic E-state index is 13.4. The van der Waals surface area contributed by atoms with Crippen molar-refractivity contribution in [3.63, 3.8) is 0 Å². The molecule has 2 heterocycles. The molecule has 34 heavy (non-hydrogen) atoms. The van der Waals surface area contributed by atoms with Gasteiger partial charge in [-0.25, -0.2) is 0 Å². The Morgan fingerprint density at radius 1 is 0.853 bits per heavy atom. The summed E-state index contributed by atoms with van der Waals surface area (Å²) >= 11 is 6.01. The van der Waals surface area contributed by atoms with Crippen LogP contribution in [0.2, 0.25) is 5.02 Å². The van der Waals surface area contributed by atoms with E-state index >= 15 is 0 Å². The Kier molecular flexibility index (Phi) is 7.14. The third-order valence-electron chi connectivity index (χ3n) is 6.90. The number of anilines is 2. The number of hydrogen-bond donors (Lipinski definition) is 1. The third kappa shape index (κ3) is 5.44. The Balaban J connectivity index is 1.16. The van der Waals surface area contributed by atoms with Gasteiger partial charge in [-0.15, -0.1) is 0 Å². The maximum Gasteiger partial charge on any atom is 0.256 e. The lowest BCUT2D eigenvalue weighted by Crippen LogP contribution is -2.50. The van der Waals surface area contributed by atoms with E-state index in [2.05, 4.69) is 27.2 Å². The minimum Gasteiger partial charge on any atom is -0.355 e. The molecule has 1 N–H and O–H groups in total. The van der Waals surface area contributed by atoms with Gasteiger partial charge in [0.15, 0.2) is 0 Å². The molecule has 0 saturated carbocycles. The number of nitrogens with one attached hydrogen (secondary N) is 1. The van der Waals surface area contributed by atoms with Crippen molar-refractivity contribution >= 4 is 28.9 Å². The minimum atomic E-state index is 0.114. The largest absolute Gasteiger partial charge is 0.355 e. The standard InChI is InChI=1S/C28H31ClN4O/c29-23-12-10-22(11-13-23)20-31-16-18-32(19-17-31)25-14-15-33(21-25)28(34)26-8-4-5-9-27(26)30-24-6-2-1-3-7-24/h1-13,25,30H,14-21H2/t25-/m0/s1. The number of piperazine rings is 1. The number of amides is 1. The lowest BCUT2D eigenvalue weighted by molar-refractivity contribution is 0.0735. The molecule has 5 rings (SSSR count). The first kappa shape index (κ1) is 22.9. The van der Waals surface area contributed by atoms with E-state index in [1.807, 2.05) is 71.6 Å². The van der Waals surface area contributed by atoms with Gasteiger partial charge in [-0.3, -0.25) is 14.6 Å². The van der Waals surface area contributed by atoms with E-state index in [-0.39, 0.29) is 5.91 Å². The van der Waals surface area contributed by atoms with Crippen molar-refractivity contribution in [3.8, 4) is 0 Å². The van der Waals surface area contributed by atoms with Gasteiger partial charge < -0.3 is 10.2 Å². The fourth-order valence-electron chi connectivity index (χ4n) is 4.98. The van der Waals surface area contributed by atoms with E-state index in [1.54, 1.807) is 0 Å². The molecule has 0 bridgehead atoms. The summed E-state index contributed by atoms with van der Waals surface area (Å²) in [5.41, 5.74) is 3.88. The summed E-state index contributed by atoms with van der Waals surface area (Å²) in [4.78, 5) is 20.5. The molecular weight excluding hydrogens is 444 g/mol. The Morgan fingerprint density at radius 2 is 1.56 bits per heavy atom. The van der Waals surface area contributed by atoms with Crippen molar-refractivity contribution in [2.75, 3.05) is 44.6 Å². The average molecular weight is 475 g/mol. The number of para-hydroxylation sites is 2. The van der Waals surface area contributed by atoms with Crippen molar-refractivity contribution in [1.82, 2.24) is 14.7 Å². The van der Waals surface area contributed by atoms with Gasteiger partial charge in [0.25, 0.3) is 5.91 Å². The van der Waals surface area contributed by atoms with E-state index in [4.69, 9.17) is 11.6 Å². The minimum absolute atomic E-state index is 0.114. The molecule has 3 aromatic carbocycles. The first-order valence-electron chi connectivity index (χ1n) is 12.1. The van der Waals surface area contributed by atoms with Crippen molar-refractivity contribution in [3.05, 3.63) is 95.0 Å². The van der Waals surface area contributed by atoms with Gasteiger partial charge in [0.1, 0.15) is 0 Å². The summed E-state index contributed by atoms with van der Waals surface area (Å²) in [7, 11) is 0. The number of likely N-dealkylation sites (tertiary alicyclic amines) is 1. The lowest BCUT2D eigenvalue weighted by Gasteiger charge is -2.38. The SMILES string of the molecule is O=C(c1ccccc1Nc1ccccc1)N1CC[C@H](N2CCN(Cc3ccc(Cl)cc3)CC2)C1. The zero-order valence-electron chi connectivity index (χ0n) is 19.4. The van der Waals surface area contributed by atoms with Crippen LogP contribution in [0, 0.1) is 0 Å². The summed E-state index contributed by atoms with van der Waals surface area (Å²) in [6.07, 6.45) is 1.04. The van der Waals surface area contributed by atoms with Crippen LogP contribution in [0.5, 0.6) is 0 Å². The lowest BCUT2D eigenvalue weighted by atomic mass is 10.1. The first-order chi connectivity index (χ1) is 16.7. The van der Waals surface area contributed by atoms with Gasteiger partial charge in [-0.1, -0.05) is 54.1 Å². The highest BCUT2D eigenvalue weighted by molar-refractivity contribution is 6.30. The summed E-state index contributed by atoms with van der Waals surface area (Å²) in [6, 6.07) is 26.4. The number of hydrogen-bond acceptors (Lipinski definition) is 4. The molecule has 176 valence electrons. The van der Waals surface area contributed by atoms with Crippen LogP contribution in [0.15, 0.2) is 78.9 Å². The highest BCUT2D eigenvalue weighted by Crippen LogP contribution is 2.25. The molecule has 2 aliphatic heterocycles. The molecule has 2 fully saturated rings. The Labute approximate surface area is 206 Å². The smallest absolute Gasteiger partial charge is 0.256 e. The molecule has 1 atom stereocenters. The van der Waals surface area contributed by atoms with Crippen LogP contribution in [0.3, 0.4) is 0 Å². The summed E-state index contributed by atoms with van der Waals surface area (Å²) < 4.78 is 0. The number of carbonyl (C=O) groups is 1. The molecule has 0 aliphatic carbocycles. The molecule has 1 amide bonds. The maximum atomic E-state index is 13.4. The van der Waals surface area contributed by atoms with Gasteiger partial charge in [-0.05, 0) is 48.4 Å². The number of carbonyl (C=O) groups excluding carboxylic acids is 1. The molecule has 0 radical (unpaired) electrons. The molecular formula is C28H31ClN4O. The van der Waals surface area contributed by atoms with Crippen LogP contribution in [0.1, 0.15) is 22.3 Å². The molecule has 0 aromatic heterocycles. The molecule has 2 saturated heterocycles. The zero-order chi connectivity index (χ0) is 23.3. The van der Waals surface area contributed by atoms with Gasteiger partial charge in [0, 0.05) is 62.6 Å². The third-order valence-corrected chi connectivity index (χ3v) is 7.16. The second kappa shape index (κ2) is 10.6. The molecule has 5 nitrogen and oxygen atoms in total. The average Bonchev–Trinajstić information content (AvgIpc) is 3.37. The molecule has 3 aromatic rings. The van der Waals surface area contributed by atoms with Crippen LogP contribution in [0.4, 0.5) is 11.4 Å². The van der Waals surface area contributed by atoms with Crippen molar-refractivity contribution in [2.45, 2.75) is 19.0 Å². The fourth-order valence-corrected chi connectivity index (χ4v) is 5.11. The van der Waals surface area contributed by atoms with E-state index < -0.39 is 0 Å². The van der Waals surface area contributed by atoms with Crippen LogP contribution in [0.25, 0.3) is 0 Å². The second-order valence-corrected chi connectivity index (χ2v) is 9.61. The van der Waals surface area contributed by atoms with Gasteiger partial charge in [-0.2, -0.15) is 0 Å². The molecule has 6 heteroatoms. The quantitative estimate of drug-likeness (QED) is 0.538. The van der Waals surface area contributed by atoms with Crippen molar-refractivity contribution in [2.24, 2.45) is 0 Å². The highest BCUT2D eigenvalue weighted by atomic mass is 35.5. The summed E-state index contributed by atoms with van der Waals surface area (Å²) in [6.45, 7) is 6.78. The fraction of sp³-hybridized carbons (Fsp3) is 0.321. The second-order valence-electron chi connectivity index (χ2n) is 9.17. The van der Waals surface area contributed by atoms with Crippen LogP contribution >= 0.6 is 11.6 Å². The Bertz CT molecular complexity index is 1100. The highest BCUT2D eigenvalue weighted by Gasteiger charge is 2.33. The van der Waals surface area contributed by atoms with E-state index in [0.717, 1.165) is 74.2 Å². The summed E-state index contributed by atoms with van der Waals surface area (Å²) in [5.74, 6) is 0.114. The normalized spacial score (nSPS) is 19.3.